The average molecular weight is 487 g/mol. The molecule has 0 saturated heterocycles. The number of carbonyl (C=O) groups is 2. The van der Waals surface area contributed by atoms with Crippen molar-refractivity contribution in [2.75, 3.05) is 13.2 Å². The molecule has 0 heterocycles. The van der Waals surface area contributed by atoms with Crippen molar-refractivity contribution in [2.45, 2.75) is 25.7 Å². The Hall–Kier alpha value is -3.02. The van der Waals surface area contributed by atoms with E-state index in [4.69, 9.17) is 37.4 Å². The number of aryl methyl sites for hydroxylation is 1. The van der Waals surface area contributed by atoms with Crippen LogP contribution in [0.25, 0.3) is 0 Å². The van der Waals surface area contributed by atoms with Crippen LogP contribution in [0.1, 0.15) is 35.2 Å². The predicted molar refractivity (Wildman–Crippen MR) is 128 cm³/mol. The SMILES string of the molecule is O=C(CCCOc1ccc(Cl)cc1Cl)Oc1ccc(C(=O)OCCCc2ccccc2)cc1. The molecule has 3 aromatic rings. The maximum absolute atomic E-state index is 12.2. The molecule has 0 spiro atoms. The summed E-state index contributed by atoms with van der Waals surface area (Å²) < 4.78 is 16.2. The molecule has 0 aliphatic carbocycles. The van der Waals surface area contributed by atoms with Crippen molar-refractivity contribution in [1.82, 2.24) is 0 Å². The highest BCUT2D eigenvalue weighted by molar-refractivity contribution is 6.35. The Morgan fingerprint density at radius 3 is 2.30 bits per heavy atom. The van der Waals surface area contributed by atoms with E-state index in [9.17, 15) is 9.59 Å². The lowest BCUT2D eigenvalue weighted by atomic mass is 10.1. The van der Waals surface area contributed by atoms with Gasteiger partial charge in [0, 0.05) is 11.4 Å². The van der Waals surface area contributed by atoms with Crippen LogP contribution in [0.5, 0.6) is 11.5 Å². The van der Waals surface area contributed by atoms with Crippen molar-refractivity contribution in [2.24, 2.45) is 0 Å². The average Bonchev–Trinajstić information content (AvgIpc) is 2.82. The highest BCUT2D eigenvalue weighted by Crippen LogP contribution is 2.27. The molecule has 0 N–H and O–H groups in total. The molecule has 0 atom stereocenters. The van der Waals surface area contributed by atoms with E-state index in [-0.39, 0.29) is 6.42 Å². The van der Waals surface area contributed by atoms with Crippen LogP contribution < -0.4 is 9.47 Å². The summed E-state index contributed by atoms with van der Waals surface area (Å²) in [6.45, 7) is 0.652. The second-order valence-electron chi connectivity index (χ2n) is 7.25. The molecule has 33 heavy (non-hydrogen) atoms. The lowest BCUT2D eigenvalue weighted by molar-refractivity contribution is -0.134. The van der Waals surface area contributed by atoms with Gasteiger partial charge in [-0.1, -0.05) is 53.5 Å². The Kier molecular flexibility index (Phi) is 9.60. The zero-order chi connectivity index (χ0) is 23.5. The summed E-state index contributed by atoms with van der Waals surface area (Å²) in [6.07, 6.45) is 2.24. The topological polar surface area (TPSA) is 61.8 Å². The van der Waals surface area contributed by atoms with E-state index in [1.54, 1.807) is 42.5 Å². The third kappa shape index (κ3) is 8.44. The summed E-state index contributed by atoms with van der Waals surface area (Å²) in [6, 6.07) is 21.3. The van der Waals surface area contributed by atoms with Crippen molar-refractivity contribution >= 4 is 35.1 Å². The number of hydrogen-bond donors (Lipinski definition) is 0. The van der Waals surface area contributed by atoms with E-state index in [1.807, 2.05) is 30.3 Å². The number of esters is 2. The standard InChI is InChI=1S/C26H24Cl2O5/c27-21-12-15-24(23(28)18-21)31-16-5-9-25(29)33-22-13-10-20(11-14-22)26(30)32-17-4-8-19-6-2-1-3-7-19/h1-3,6-7,10-15,18H,4-5,8-9,16-17H2. The molecule has 0 radical (unpaired) electrons. The van der Waals surface area contributed by atoms with E-state index in [2.05, 4.69) is 0 Å². The van der Waals surface area contributed by atoms with Gasteiger partial charge in [-0.25, -0.2) is 4.79 Å². The maximum Gasteiger partial charge on any atom is 0.338 e. The third-order valence-corrected chi connectivity index (χ3v) is 5.21. The van der Waals surface area contributed by atoms with Crippen LogP contribution in [0.2, 0.25) is 10.0 Å². The van der Waals surface area contributed by atoms with Gasteiger partial charge >= 0.3 is 11.9 Å². The van der Waals surface area contributed by atoms with Gasteiger partial charge in [0.05, 0.1) is 23.8 Å². The molecule has 172 valence electrons. The summed E-state index contributed by atoms with van der Waals surface area (Å²) in [5, 5.41) is 0.943. The summed E-state index contributed by atoms with van der Waals surface area (Å²) in [4.78, 5) is 24.2. The summed E-state index contributed by atoms with van der Waals surface area (Å²) in [5.41, 5.74) is 1.61. The van der Waals surface area contributed by atoms with E-state index < -0.39 is 11.9 Å². The van der Waals surface area contributed by atoms with Gasteiger partial charge < -0.3 is 14.2 Å². The van der Waals surface area contributed by atoms with Crippen LogP contribution in [-0.2, 0) is 16.0 Å². The maximum atomic E-state index is 12.2. The molecule has 0 aromatic heterocycles. The minimum Gasteiger partial charge on any atom is -0.492 e. The molecule has 0 amide bonds. The Morgan fingerprint density at radius 1 is 0.818 bits per heavy atom. The summed E-state index contributed by atoms with van der Waals surface area (Å²) >= 11 is 11.9. The van der Waals surface area contributed by atoms with Crippen LogP contribution in [0, 0.1) is 0 Å². The molecule has 0 saturated carbocycles. The molecule has 5 nitrogen and oxygen atoms in total. The summed E-state index contributed by atoms with van der Waals surface area (Å²) in [7, 11) is 0. The molecule has 0 bridgehead atoms. The molecule has 7 heteroatoms. The highest BCUT2D eigenvalue weighted by Gasteiger charge is 2.10. The molecule has 0 aliphatic rings. The lowest BCUT2D eigenvalue weighted by Crippen LogP contribution is -2.10. The second kappa shape index (κ2) is 12.9. The van der Waals surface area contributed by atoms with Crippen LogP contribution in [0.4, 0.5) is 0 Å². The van der Waals surface area contributed by atoms with Gasteiger partial charge in [0.1, 0.15) is 11.5 Å². The number of ether oxygens (including phenoxy) is 3. The van der Waals surface area contributed by atoms with Crippen molar-refractivity contribution in [3.8, 4) is 11.5 Å². The Labute approximate surface area is 203 Å². The van der Waals surface area contributed by atoms with E-state index in [0.717, 1.165) is 12.8 Å². The van der Waals surface area contributed by atoms with Gasteiger partial charge in [0.15, 0.2) is 0 Å². The molecule has 0 unspecified atom stereocenters. The quantitative estimate of drug-likeness (QED) is 0.174. The highest BCUT2D eigenvalue weighted by atomic mass is 35.5. The lowest BCUT2D eigenvalue weighted by Gasteiger charge is -2.09. The van der Waals surface area contributed by atoms with Crippen molar-refractivity contribution < 1.29 is 23.8 Å². The van der Waals surface area contributed by atoms with E-state index >= 15 is 0 Å². The summed E-state index contributed by atoms with van der Waals surface area (Å²) in [5.74, 6) is 0.0789. The fourth-order valence-electron chi connectivity index (χ4n) is 3.00. The first-order valence-corrected chi connectivity index (χ1v) is 11.4. The molecule has 3 rings (SSSR count). The third-order valence-electron chi connectivity index (χ3n) is 4.68. The predicted octanol–water partition coefficient (Wildman–Crippen LogP) is 6.55. The van der Waals surface area contributed by atoms with Crippen LogP contribution in [-0.4, -0.2) is 25.2 Å². The number of halogens is 2. The zero-order valence-corrected chi connectivity index (χ0v) is 19.5. The minimum atomic E-state index is -0.404. The second-order valence-corrected chi connectivity index (χ2v) is 8.09. The fraction of sp³-hybridized carbons (Fsp3) is 0.231. The van der Waals surface area contributed by atoms with Gasteiger partial charge in [-0.05, 0) is 67.3 Å². The number of rotatable bonds is 11. The molecule has 0 aliphatic heterocycles. The van der Waals surface area contributed by atoms with Crippen molar-refractivity contribution in [1.29, 1.82) is 0 Å². The first-order chi connectivity index (χ1) is 16.0. The Bertz CT molecular complexity index is 1050. The number of benzene rings is 3. The molecule has 0 fully saturated rings. The van der Waals surface area contributed by atoms with Gasteiger partial charge in [-0.2, -0.15) is 0 Å². The Morgan fingerprint density at radius 2 is 1.58 bits per heavy atom. The molecule has 3 aromatic carbocycles. The number of hydrogen-bond acceptors (Lipinski definition) is 5. The zero-order valence-electron chi connectivity index (χ0n) is 18.0. The van der Waals surface area contributed by atoms with Crippen molar-refractivity contribution in [3.63, 3.8) is 0 Å². The monoisotopic (exact) mass is 486 g/mol. The first kappa shape index (κ1) is 24.6. The normalized spacial score (nSPS) is 10.5. The van der Waals surface area contributed by atoms with Crippen LogP contribution in [0.15, 0.2) is 72.8 Å². The van der Waals surface area contributed by atoms with E-state index in [1.165, 1.54) is 5.56 Å². The Balaban J connectivity index is 1.34. The molecular weight excluding hydrogens is 463 g/mol. The van der Waals surface area contributed by atoms with Crippen LogP contribution >= 0.6 is 23.2 Å². The largest absolute Gasteiger partial charge is 0.492 e. The van der Waals surface area contributed by atoms with Crippen molar-refractivity contribution in [3.05, 3.63) is 94.0 Å². The van der Waals surface area contributed by atoms with Gasteiger partial charge in [0.2, 0.25) is 0 Å². The number of carbonyl (C=O) groups excluding carboxylic acids is 2. The van der Waals surface area contributed by atoms with Crippen LogP contribution in [0.3, 0.4) is 0 Å². The fourth-order valence-corrected chi connectivity index (χ4v) is 3.46. The van der Waals surface area contributed by atoms with Gasteiger partial charge in [0.25, 0.3) is 0 Å². The first-order valence-electron chi connectivity index (χ1n) is 10.6. The van der Waals surface area contributed by atoms with E-state index in [0.29, 0.717) is 46.7 Å². The molecular formula is C26H24Cl2O5. The van der Waals surface area contributed by atoms with Gasteiger partial charge in [-0.15, -0.1) is 0 Å². The van der Waals surface area contributed by atoms with Gasteiger partial charge in [-0.3, -0.25) is 4.79 Å². The smallest absolute Gasteiger partial charge is 0.338 e. The minimum absolute atomic E-state index is 0.177.